The van der Waals surface area contributed by atoms with Crippen LogP contribution in [0.1, 0.15) is 10.5 Å². The normalized spacial score (nSPS) is 14.8. The third-order valence-electron chi connectivity index (χ3n) is 3.93. The van der Waals surface area contributed by atoms with Crippen molar-refractivity contribution < 1.29 is 9.53 Å². The number of rotatable bonds is 2. The number of aromatic nitrogens is 5. The van der Waals surface area contributed by atoms with Crippen LogP contribution in [0.2, 0.25) is 5.02 Å². The van der Waals surface area contributed by atoms with Gasteiger partial charge in [-0.15, -0.1) is 5.10 Å². The molecular weight excluding hydrogens is 348 g/mol. The molecule has 0 atom stereocenters. The number of carbonyl (C=O) groups is 1. The number of hydrogen-bond acceptors (Lipinski definition) is 6. The van der Waals surface area contributed by atoms with Gasteiger partial charge < -0.3 is 9.64 Å². The first-order chi connectivity index (χ1) is 12.1. The van der Waals surface area contributed by atoms with Crippen molar-refractivity contribution in [3.8, 4) is 5.69 Å². The molecule has 128 valence electrons. The van der Waals surface area contributed by atoms with E-state index in [4.69, 9.17) is 16.3 Å². The maximum absolute atomic E-state index is 12.6. The van der Waals surface area contributed by atoms with E-state index in [2.05, 4.69) is 15.3 Å². The smallest absolute Gasteiger partial charge is 0.357 e. The molecule has 0 unspecified atom stereocenters. The zero-order chi connectivity index (χ0) is 17.4. The summed E-state index contributed by atoms with van der Waals surface area (Å²) < 4.78 is 7.56. The molecule has 0 N–H and O–H groups in total. The van der Waals surface area contributed by atoms with Gasteiger partial charge in [0.15, 0.2) is 11.3 Å². The molecule has 3 aromatic rings. The van der Waals surface area contributed by atoms with Crippen LogP contribution in [0.15, 0.2) is 35.4 Å². The van der Waals surface area contributed by atoms with Crippen LogP contribution < -0.4 is 5.69 Å². The molecule has 2 aromatic heterocycles. The number of benzene rings is 1. The SMILES string of the molecule is O=C(c1ncn2c(=O)n(-c3ccc(Cl)cc3)nnc12)N1CCOCC1. The third-order valence-corrected chi connectivity index (χ3v) is 4.18. The highest BCUT2D eigenvalue weighted by Crippen LogP contribution is 2.12. The molecule has 10 heteroatoms. The Kier molecular flexibility index (Phi) is 3.94. The van der Waals surface area contributed by atoms with E-state index in [1.807, 2.05) is 0 Å². The molecule has 3 heterocycles. The van der Waals surface area contributed by atoms with Crippen LogP contribution in [0.3, 0.4) is 0 Å². The lowest BCUT2D eigenvalue weighted by atomic mass is 10.3. The molecule has 1 fully saturated rings. The number of halogens is 1. The standard InChI is InChI=1S/C15H13ClN6O3/c16-10-1-3-11(4-2-10)22-15(24)21-9-17-12(13(21)18-19-22)14(23)20-5-7-25-8-6-20/h1-4,9H,5-8H2. The maximum Gasteiger partial charge on any atom is 0.357 e. The number of morpholine rings is 1. The molecule has 0 spiro atoms. The molecule has 1 amide bonds. The Bertz CT molecular complexity index is 991. The zero-order valence-electron chi connectivity index (χ0n) is 13.0. The molecule has 4 rings (SSSR count). The zero-order valence-corrected chi connectivity index (χ0v) is 13.8. The Balaban J connectivity index is 1.75. The number of imidazole rings is 1. The van der Waals surface area contributed by atoms with Gasteiger partial charge in [0.1, 0.15) is 6.33 Å². The summed E-state index contributed by atoms with van der Waals surface area (Å²) in [6.07, 6.45) is 1.28. The van der Waals surface area contributed by atoms with Crippen LogP contribution >= 0.6 is 11.6 Å². The average Bonchev–Trinajstić information content (AvgIpc) is 3.08. The summed E-state index contributed by atoms with van der Waals surface area (Å²) in [5, 5.41) is 8.49. The minimum absolute atomic E-state index is 0.106. The monoisotopic (exact) mass is 360 g/mol. The van der Waals surface area contributed by atoms with Crippen molar-refractivity contribution >= 4 is 23.2 Å². The molecule has 9 nitrogen and oxygen atoms in total. The summed E-state index contributed by atoms with van der Waals surface area (Å²) in [6.45, 7) is 1.92. The summed E-state index contributed by atoms with van der Waals surface area (Å²) in [7, 11) is 0. The van der Waals surface area contributed by atoms with Gasteiger partial charge in [0.25, 0.3) is 5.91 Å². The minimum atomic E-state index is -0.471. The van der Waals surface area contributed by atoms with Crippen molar-refractivity contribution in [3.63, 3.8) is 0 Å². The fourth-order valence-corrected chi connectivity index (χ4v) is 2.74. The highest BCUT2D eigenvalue weighted by atomic mass is 35.5. The van der Waals surface area contributed by atoms with Gasteiger partial charge in [-0.3, -0.25) is 4.79 Å². The van der Waals surface area contributed by atoms with E-state index in [-0.39, 0.29) is 17.2 Å². The van der Waals surface area contributed by atoms with E-state index in [0.717, 1.165) is 4.68 Å². The Labute approximate surface area is 146 Å². The highest BCUT2D eigenvalue weighted by molar-refractivity contribution is 6.30. The van der Waals surface area contributed by atoms with Crippen molar-refractivity contribution in [2.45, 2.75) is 0 Å². The Morgan fingerprint density at radius 3 is 2.60 bits per heavy atom. The Morgan fingerprint density at radius 2 is 1.88 bits per heavy atom. The summed E-state index contributed by atoms with van der Waals surface area (Å²) in [5.41, 5.74) is 0.279. The predicted molar refractivity (Wildman–Crippen MR) is 88.1 cm³/mol. The number of hydrogen-bond donors (Lipinski definition) is 0. The van der Waals surface area contributed by atoms with Gasteiger partial charge >= 0.3 is 5.69 Å². The number of fused-ring (bicyclic) bond motifs is 1. The van der Waals surface area contributed by atoms with Gasteiger partial charge in [-0.25, -0.2) is 14.2 Å². The first-order valence-electron chi connectivity index (χ1n) is 7.61. The van der Waals surface area contributed by atoms with Crippen molar-refractivity contribution in [3.05, 3.63) is 51.8 Å². The lowest BCUT2D eigenvalue weighted by Gasteiger charge is -2.25. The van der Waals surface area contributed by atoms with Crippen LogP contribution in [0, 0.1) is 0 Å². The van der Waals surface area contributed by atoms with Crippen molar-refractivity contribution in [2.24, 2.45) is 0 Å². The second kappa shape index (κ2) is 6.26. The fourth-order valence-electron chi connectivity index (χ4n) is 2.62. The van der Waals surface area contributed by atoms with Crippen LogP contribution in [-0.2, 0) is 4.74 Å². The van der Waals surface area contributed by atoms with Gasteiger partial charge in [-0.2, -0.15) is 4.68 Å². The second-order valence-corrected chi connectivity index (χ2v) is 5.89. The van der Waals surface area contributed by atoms with Crippen LogP contribution in [0.5, 0.6) is 0 Å². The highest BCUT2D eigenvalue weighted by Gasteiger charge is 2.24. The molecule has 1 aromatic carbocycles. The van der Waals surface area contributed by atoms with Gasteiger partial charge in [-0.1, -0.05) is 16.8 Å². The molecular formula is C15H13ClN6O3. The number of nitrogens with zero attached hydrogens (tertiary/aromatic N) is 6. The quantitative estimate of drug-likeness (QED) is 0.656. The topological polar surface area (TPSA) is 94.6 Å². The lowest BCUT2D eigenvalue weighted by Crippen LogP contribution is -2.41. The van der Waals surface area contributed by atoms with E-state index in [9.17, 15) is 9.59 Å². The van der Waals surface area contributed by atoms with Gasteiger partial charge in [0.2, 0.25) is 0 Å². The number of ether oxygens (including phenoxy) is 1. The van der Waals surface area contributed by atoms with Crippen LogP contribution in [0.4, 0.5) is 0 Å². The van der Waals surface area contributed by atoms with Crippen molar-refractivity contribution in [1.29, 1.82) is 0 Å². The first kappa shape index (κ1) is 15.7. The molecule has 0 aliphatic carbocycles. The van der Waals surface area contributed by atoms with Crippen molar-refractivity contribution in [2.75, 3.05) is 26.3 Å². The molecule has 1 aliphatic heterocycles. The van der Waals surface area contributed by atoms with E-state index >= 15 is 0 Å². The van der Waals surface area contributed by atoms with Crippen LogP contribution in [0.25, 0.3) is 11.3 Å². The Morgan fingerprint density at radius 1 is 1.16 bits per heavy atom. The fraction of sp³-hybridized carbons (Fsp3) is 0.267. The van der Waals surface area contributed by atoms with E-state index in [1.54, 1.807) is 29.2 Å². The Hall–Kier alpha value is -2.78. The predicted octanol–water partition coefficient (Wildman–Crippen LogP) is 0.401. The van der Waals surface area contributed by atoms with E-state index < -0.39 is 5.69 Å². The largest absolute Gasteiger partial charge is 0.378 e. The molecule has 1 saturated heterocycles. The third kappa shape index (κ3) is 2.77. The number of carbonyl (C=O) groups excluding carboxylic acids is 1. The molecule has 0 saturated carbocycles. The van der Waals surface area contributed by atoms with E-state index in [0.29, 0.717) is 37.0 Å². The van der Waals surface area contributed by atoms with Crippen molar-refractivity contribution in [1.82, 2.24) is 29.3 Å². The number of amides is 1. The maximum atomic E-state index is 12.6. The van der Waals surface area contributed by atoms with Gasteiger partial charge in [0, 0.05) is 18.1 Å². The summed E-state index contributed by atoms with van der Waals surface area (Å²) >= 11 is 5.86. The molecule has 0 radical (unpaired) electrons. The van der Waals surface area contributed by atoms with E-state index in [1.165, 1.54) is 10.7 Å². The van der Waals surface area contributed by atoms with Gasteiger partial charge in [0.05, 0.1) is 18.9 Å². The molecule has 1 aliphatic rings. The van der Waals surface area contributed by atoms with Crippen LogP contribution in [-0.4, -0.2) is 61.5 Å². The summed E-state index contributed by atoms with van der Waals surface area (Å²) in [4.78, 5) is 30.9. The lowest BCUT2D eigenvalue weighted by molar-refractivity contribution is 0.0300. The molecule has 0 bridgehead atoms. The summed E-state index contributed by atoms with van der Waals surface area (Å²) in [6, 6.07) is 6.61. The minimum Gasteiger partial charge on any atom is -0.378 e. The van der Waals surface area contributed by atoms with Gasteiger partial charge in [-0.05, 0) is 24.3 Å². The average molecular weight is 361 g/mol. The summed E-state index contributed by atoms with van der Waals surface area (Å²) in [5.74, 6) is -0.288. The molecule has 25 heavy (non-hydrogen) atoms. The second-order valence-electron chi connectivity index (χ2n) is 5.45. The first-order valence-corrected chi connectivity index (χ1v) is 7.99.